The number of aromatic nitrogens is 3. The third kappa shape index (κ3) is 4.17. The fourth-order valence-electron chi connectivity index (χ4n) is 2.90. The molecule has 0 radical (unpaired) electrons. The Morgan fingerprint density at radius 2 is 2.06 bits per heavy atom. The van der Waals surface area contributed by atoms with Gasteiger partial charge in [-0.05, 0) is 31.5 Å². The van der Waals surface area contributed by atoms with Crippen LogP contribution < -0.4 is 20.8 Å². The zero-order valence-corrected chi connectivity index (χ0v) is 18.7. The van der Waals surface area contributed by atoms with E-state index in [0.717, 1.165) is 16.4 Å². The van der Waals surface area contributed by atoms with Crippen molar-refractivity contribution in [1.82, 2.24) is 10.3 Å². The van der Waals surface area contributed by atoms with E-state index in [2.05, 4.69) is 20.1 Å². The smallest absolute Gasteiger partial charge is 0.266 e. The number of nitrogens with one attached hydrogen (secondary N) is 1. The summed E-state index contributed by atoms with van der Waals surface area (Å²) in [4.78, 5) is 16.9. The Balaban J connectivity index is 2.02. The van der Waals surface area contributed by atoms with Gasteiger partial charge in [-0.25, -0.2) is 4.98 Å². The minimum atomic E-state index is -0.843. The Kier molecular flexibility index (Phi) is 6.53. The van der Waals surface area contributed by atoms with Crippen molar-refractivity contribution >= 4 is 40.8 Å². The number of hydrogen-bond acceptors (Lipinski definition) is 9. The summed E-state index contributed by atoms with van der Waals surface area (Å²) in [6.07, 6.45) is 0. The average Bonchev–Trinajstić information content (AvgIpc) is 3.08. The van der Waals surface area contributed by atoms with E-state index in [1.165, 1.54) is 7.05 Å². The highest BCUT2D eigenvalue weighted by atomic mass is 35.5. The number of nitrogens with zero attached hydrogens (tertiary/aromatic N) is 5. The first kappa shape index (κ1) is 22.9. The SMILES string of the molecule is Cc1c(Cl)cccc1NC(=O)C(C)Sc1nc(N)c(C#N)c(-c2c([O-])on[n+]2C)c1C#N. The number of benzene rings is 1. The minimum Gasteiger partial charge on any atom is -0.539 e. The van der Waals surface area contributed by atoms with E-state index in [1.54, 1.807) is 32.0 Å². The number of carbonyl (C=O) groups is 1. The second-order valence-corrected chi connectivity index (χ2v) is 8.38. The van der Waals surface area contributed by atoms with Crippen LogP contribution in [-0.4, -0.2) is 21.4 Å². The number of nitriles is 2. The van der Waals surface area contributed by atoms with Crippen LogP contribution in [0.4, 0.5) is 11.5 Å². The summed E-state index contributed by atoms with van der Waals surface area (Å²) in [5.74, 6) is -1.40. The molecule has 32 heavy (non-hydrogen) atoms. The summed E-state index contributed by atoms with van der Waals surface area (Å²) in [5.41, 5.74) is 6.79. The zero-order chi connectivity index (χ0) is 23.6. The van der Waals surface area contributed by atoms with Crippen LogP contribution >= 0.6 is 23.4 Å². The van der Waals surface area contributed by atoms with Gasteiger partial charge in [-0.3, -0.25) is 4.79 Å². The quantitative estimate of drug-likeness (QED) is 0.419. The molecule has 1 unspecified atom stereocenters. The maximum atomic E-state index is 12.8. The first-order valence-corrected chi connectivity index (χ1v) is 10.3. The number of nitrogens with two attached hydrogens (primary N) is 1. The van der Waals surface area contributed by atoms with Crippen molar-refractivity contribution in [3.8, 4) is 29.3 Å². The lowest BCUT2D eigenvalue weighted by atomic mass is 10.0. The predicted octanol–water partition coefficient (Wildman–Crippen LogP) is 2.04. The number of aryl methyl sites for hydroxylation is 1. The predicted molar refractivity (Wildman–Crippen MR) is 114 cm³/mol. The van der Waals surface area contributed by atoms with E-state index in [-0.39, 0.29) is 39.1 Å². The Morgan fingerprint density at radius 1 is 1.38 bits per heavy atom. The highest BCUT2D eigenvalue weighted by Crippen LogP contribution is 2.38. The maximum Gasteiger partial charge on any atom is 0.266 e. The zero-order valence-electron chi connectivity index (χ0n) is 17.1. The normalized spacial score (nSPS) is 11.4. The topological polar surface area (TPSA) is 169 Å². The molecule has 10 nitrogen and oxygen atoms in total. The number of pyridine rings is 1. The van der Waals surface area contributed by atoms with Gasteiger partial charge in [-0.15, -0.1) is 0 Å². The van der Waals surface area contributed by atoms with Gasteiger partial charge in [0.1, 0.15) is 28.5 Å². The van der Waals surface area contributed by atoms with Gasteiger partial charge in [-0.2, -0.15) is 10.5 Å². The molecule has 0 aliphatic rings. The number of anilines is 2. The molecule has 0 saturated heterocycles. The number of nitrogen functional groups attached to an aromatic ring is 1. The Morgan fingerprint density at radius 3 is 2.66 bits per heavy atom. The van der Waals surface area contributed by atoms with E-state index in [9.17, 15) is 20.4 Å². The molecule has 162 valence electrons. The molecular formula is C20H16ClN7O3S. The van der Waals surface area contributed by atoms with Gasteiger partial charge in [-0.1, -0.05) is 34.1 Å². The molecule has 3 aromatic rings. The molecule has 0 spiro atoms. The van der Waals surface area contributed by atoms with Gasteiger partial charge in [0.15, 0.2) is 13.0 Å². The molecular weight excluding hydrogens is 454 g/mol. The van der Waals surface area contributed by atoms with Crippen molar-refractivity contribution in [2.45, 2.75) is 24.1 Å². The minimum absolute atomic E-state index is 0.0444. The van der Waals surface area contributed by atoms with Crippen molar-refractivity contribution in [3.05, 3.63) is 39.9 Å². The number of thioether (sulfide) groups is 1. The molecule has 0 saturated carbocycles. The second kappa shape index (κ2) is 9.14. The van der Waals surface area contributed by atoms with Crippen molar-refractivity contribution in [2.75, 3.05) is 11.1 Å². The first-order valence-electron chi connectivity index (χ1n) is 9.09. The summed E-state index contributed by atoms with van der Waals surface area (Å²) < 4.78 is 5.73. The third-order valence-corrected chi connectivity index (χ3v) is 6.09. The highest BCUT2D eigenvalue weighted by molar-refractivity contribution is 8.00. The monoisotopic (exact) mass is 469 g/mol. The molecule has 12 heteroatoms. The van der Waals surface area contributed by atoms with Gasteiger partial charge in [0, 0.05) is 10.7 Å². The van der Waals surface area contributed by atoms with Crippen LogP contribution in [0.1, 0.15) is 23.6 Å². The number of amides is 1. The van der Waals surface area contributed by atoms with Gasteiger partial charge in [0.25, 0.3) is 5.69 Å². The summed E-state index contributed by atoms with van der Waals surface area (Å²) in [6.45, 7) is 3.40. The van der Waals surface area contributed by atoms with Crippen LogP contribution in [0.2, 0.25) is 5.02 Å². The van der Waals surface area contributed by atoms with Gasteiger partial charge >= 0.3 is 0 Å². The summed E-state index contributed by atoms with van der Waals surface area (Å²) >= 11 is 7.06. The van der Waals surface area contributed by atoms with Crippen LogP contribution in [0.3, 0.4) is 0 Å². The van der Waals surface area contributed by atoms with E-state index in [1.807, 2.05) is 12.1 Å². The van der Waals surface area contributed by atoms with Crippen LogP contribution in [0.15, 0.2) is 27.7 Å². The van der Waals surface area contributed by atoms with Crippen molar-refractivity contribution < 1.29 is 19.1 Å². The summed E-state index contributed by atoms with van der Waals surface area (Å²) in [7, 11) is 1.43. The Labute approximate surface area is 192 Å². The lowest BCUT2D eigenvalue weighted by Crippen LogP contribution is -2.32. The molecule has 0 aliphatic heterocycles. The Hall–Kier alpha value is -3.80. The number of hydrogen-bond donors (Lipinski definition) is 2. The Bertz CT molecular complexity index is 1290. The molecule has 3 N–H and O–H groups in total. The van der Waals surface area contributed by atoms with E-state index < -0.39 is 11.2 Å². The van der Waals surface area contributed by atoms with Crippen molar-refractivity contribution in [1.29, 1.82) is 10.5 Å². The van der Waals surface area contributed by atoms with Crippen molar-refractivity contribution in [3.63, 3.8) is 0 Å². The molecule has 1 aromatic carbocycles. The molecule has 1 atom stereocenters. The van der Waals surface area contributed by atoms with E-state index in [4.69, 9.17) is 17.3 Å². The lowest BCUT2D eigenvalue weighted by molar-refractivity contribution is -0.730. The fraction of sp³-hybridized carbons (Fsp3) is 0.200. The molecule has 1 amide bonds. The van der Waals surface area contributed by atoms with Crippen molar-refractivity contribution in [2.24, 2.45) is 7.05 Å². The second-order valence-electron chi connectivity index (χ2n) is 6.65. The molecule has 3 rings (SSSR count). The van der Waals surface area contributed by atoms with Gasteiger partial charge in [0.05, 0.1) is 21.6 Å². The van der Waals surface area contributed by atoms with Gasteiger partial charge in [0.2, 0.25) is 5.91 Å². The van der Waals surface area contributed by atoms with Crippen LogP contribution in [0.5, 0.6) is 5.95 Å². The third-order valence-electron chi connectivity index (χ3n) is 4.60. The largest absolute Gasteiger partial charge is 0.539 e. The van der Waals surface area contributed by atoms with E-state index in [0.29, 0.717) is 16.3 Å². The lowest BCUT2D eigenvalue weighted by Gasteiger charge is -2.16. The van der Waals surface area contributed by atoms with Crippen LogP contribution in [-0.2, 0) is 11.8 Å². The molecule has 0 aliphatic carbocycles. The molecule has 0 fully saturated rings. The fourth-order valence-corrected chi connectivity index (χ4v) is 3.99. The first-order chi connectivity index (χ1) is 15.2. The van der Waals surface area contributed by atoms with Crippen LogP contribution in [0, 0.1) is 29.6 Å². The number of halogens is 1. The van der Waals surface area contributed by atoms with Crippen LogP contribution in [0.25, 0.3) is 11.3 Å². The summed E-state index contributed by atoms with van der Waals surface area (Å²) in [6, 6.07) is 8.97. The molecule has 2 heterocycles. The maximum absolute atomic E-state index is 12.8. The number of carbonyl (C=O) groups excluding carboxylic acids is 1. The summed E-state index contributed by atoms with van der Waals surface area (Å²) in [5, 5.41) is 37.7. The highest BCUT2D eigenvalue weighted by Gasteiger charge is 2.30. The standard InChI is InChI=1S/C20H16ClN7O3S/c1-9-13(21)5-4-6-14(9)25-18(29)10(2)32-19-12(8-23)15(11(7-22)17(24)26-19)16-20(30)31-27-28(16)3/h4-6,10H,1-3H3,(H3-,24,25,26,27,29,30). The van der Waals surface area contributed by atoms with E-state index >= 15 is 0 Å². The molecule has 2 aromatic heterocycles. The number of rotatable bonds is 5. The molecule has 0 bridgehead atoms. The van der Waals surface area contributed by atoms with Gasteiger partial charge < -0.3 is 20.7 Å². The average molecular weight is 470 g/mol.